The molecule has 0 aliphatic rings. The van der Waals surface area contributed by atoms with E-state index in [9.17, 15) is 29.1 Å². The fourth-order valence-electron chi connectivity index (χ4n) is 4.05. The van der Waals surface area contributed by atoms with Crippen molar-refractivity contribution in [1.82, 2.24) is 20.9 Å². The number of carboxylic acids is 2. The molecule has 1 aromatic heterocycles. The van der Waals surface area contributed by atoms with E-state index in [0.29, 0.717) is 11.1 Å². The number of para-hydroxylation sites is 1. The molecule has 0 fully saturated rings. The number of carbonyl (C=O) groups excluding carboxylic acids is 3. The molecule has 212 valence electrons. The van der Waals surface area contributed by atoms with Crippen LogP contribution in [0.15, 0.2) is 54.7 Å². The number of phenols is 1. The molecule has 0 saturated heterocycles. The Balaban J connectivity index is 1.85. The van der Waals surface area contributed by atoms with E-state index in [1.807, 2.05) is 24.3 Å². The molecule has 1 heterocycles. The molecule has 0 radical (unpaired) electrons. The van der Waals surface area contributed by atoms with Crippen molar-refractivity contribution < 1.29 is 39.3 Å². The Bertz CT molecular complexity index is 1370. The van der Waals surface area contributed by atoms with Crippen molar-refractivity contribution in [3.63, 3.8) is 0 Å². The highest BCUT2D eigenvalue weighted by Crippen LogP contribution is 2.19. The SMILES string of the molecule is NC(CCC(=O)O)C(=O)NC(Cc1c[nH]c2ccccc12)C(=O)NC(Cc1ccc(O)cc1)C(=O)NCC(=O)O. The van der Waals surface area contributed by atoms with Gasteiger partial charge in [-0.3, -0.25) is 24.0 Å². The monoisotopic (exact) mass is 553 g/mol. The van der Waals surface area contributed by atoms with E-state index in [2.05, 4.69) is 20.9 Å². The van der Waals surface area contributed by atoms with Crippen molar-refractivity contribution in [3.8, 4) is 5.75 Å². The molecule has 3 amide bonds. The summed E-state index contributed by atoms with van der Waals surface area (Å²) in [5.41, 5.74) is 7.93. The van der Waals surface area contributed by atoms with Crippen molar-refractivity contribution in [2.45, 2.75) is 43.8 Å². The number of amides is 3. The molecule has 40 heavy (non-hydrogen) atoms. The van der Waals surface area contributed by atoms with Gasteiger partial charge in [0.15, 0.2) is 0 Å². The summed E-state index contributed by atoms with van der Waals surface area (Å²) in [5, 5.41) is 35.6. The van der Waals surface area contributed by atoms with E-state index in [1.165, 1.54) is 12.1 Å². The molecule has 3 unspecified atom stereocenters. The van der Waals surface area contributed by atoms with Crippen LogP contribution in [0.1, 0.15) is 24.0 Å². The third kappa shape index (κ3) is 8.56. The predicted octanol–water partition coefficient (Wildman–Crippen LogP) is 0.0212. The van der Waals surface area contributed by atoms with Crippen LogP contribution in [0.25, 0.3) is 10.9 Å². The molecule has 3 rings (SSSR count). The van der Waals surface area contributed by atoms with Crippen LogP contribution in [0.4, 0.5) is 0 Å². The van der Waals surface area contributed by atoms with E-state index in [4.69, 9.17) is 15.9 Å². The van der Waals surface area contributed by atoms with Crippen LogP contribution in [0.5, 0.6) is 5.75 Å². The molecular weight excluding hydrogens is 522 g/mol. The lowest BCUT2D eigenvalue weighted by molar-refractivity contribution is -0.139. The van der Waals surface area contributed by atoms with Gasteiger partial charge in [0.05, 0.1) is 6.04 Å². The lowest BCUT2D eigenvalue weighted by atomic mass is 10.0. The number of aromatic amines is 1. The van der Waals surface area contributed by atoms with Crippen LogP contribution in [-0.4, -0.2) is 74.6 Å². The topological polar surface area (TPSA) is 224 Å². The van der Waals surface area contributed by atoms with Crippen molar-refractivity contribution in [2.75, 3.05) is 6.54 Å². The molecule has 3 atom stereocenters. The molecular formula is C27H31N5O8. The summed E-state index contributed by atoms with van der Waals surface area (Å²) in [6, 6.07) is 9.60. The zero-order valence-electron chi connectivity index (χ0n) is 21.4. The minimum absolute atomic E-state index is 0.000376. The first kappa shape index (κ1) is 29.6. The molecule has 0 spiro atoms. The average molecular weight is 554 g/mol. The summed E-state index contributed by atoms with van der Waals surface area (Å²) in [4.78, 5) is 64.1. The summed E-state index contributed by atoms with van der Waals surface area (Å²) < 4.78 is 0. The van der Waals surface area contributed by atoms with Gasteiger partial charge in [0.2, 0.25) is 17.7 Å². The number of aliphatic carboxylic acids is 2. The standard InChI is InChI=1S/C27H31N5O8/c28-19(9-10-23(34)35)25(38)31-22(12-16-13-29-20-4-2-1-3-18(16)20)27(40)32-21(26(39)30-14-24(36)37)11-15-5-7-17(33)8-6-15/h1-8,13,19,21-22,29,33H,9-12,14,28H2,(H,30,39)(H,31,38)(H,32,40)(H,34,35)(H,36,37). The maximum Gasteiger partial charge on any atom is 0.322 e. The van der Waals surface area contributed by atoms with E-state index < -0.39 is 54.3 Å². The van der Waals surface area contributed by atoms with Gasteiger partial charge in [0.25, 0.3) is 0 Å². The van der Waals surface area contributed by atoms with Gasteiger partial charge in [-0.25, -0.2) is 0 Å². The Kier molecular flexibility index (Phi) is 10.2. The number of aromatic nitrogens is 1. The predicted molar refractivity (Wildman–Crippen MR) is 143 cm³/mol. The smallest absolute Gasteiger partial charge is 0.322 e. The molecule has 0 aliphatic heterocycles. The van der Waals surface area contributed by atoms with Crippen LogP contribution < -0.4 is 21.7 Å². The molecule has 9 N–H and O–H groups in total. The van der Waals surface area contributed by atoms with Crippen LogP contribution in [0.2, 0.25) is 0 Å². The third-order valence-electron chi connectivity index (χ3n) is 6.16. The van der Waals surface area contributed by atoms with Gasteiger partial charge >= 0.3 is 11.9 Å². The second-order valence-electron chi connectivity index (χ2n) is 9.21. The molecule has 13 nitrogen and oxygen atoms in total. The normalized spacial score (nSPS) is 13.1. The summed E-state index contributed by atoms with van der Waals surface area (Å²) in [5.74, 6) is -4.65. The Morgan fingerprint density at radius 3 is 2.15 bits per heavy atom. The summed E-state index contributed by atoms with van der Waals surface area (Å²) >= 11 is 0. The van der Waals surface area contributed by atoms with Crippen LogP contribution in [0, 0.1) is 0 Å². The lowest BCUT2D eigenvalue weighted by Crippen LogP contribution is -2.57. The number of phenolic OH excluding ortho intramolecular Hbond substituents is 1. The number of carboxylic acid groups (broad SMARTS) is 2. The first-order valence-corrected chi connectivity index (χ1v) is 12.4. The second kappa shape index (κ2) is 13.8. The molecule has 2 aromatic carbocycles. The molecule has 0 saturated carbocycles. The minimum atomic E-state index is -1.28. The number of nitrogens with one attached hydrogen (secondary N) is 4. The van der Waals surface area contributed by atoms with Crippen molar-refractivity contribution in [2.24, 2.45) is 5.73 Å². The Morgan fingerprint density at radius 1 is 0.825 bits per heavy atom. The van der Waals surface area contributed by atoms with E-state index in [1.54, 1.807) is 18.3 Å². The number of nitrogens with two attached hydrogens (primary N) is 1. The van der Waals surface area contributed by atoms with Gasteiger partial charge < -0.3 is 42.0 Å². The maximum absolute atomic E-state index is 13.5. The van der Waals surface area contributed by atoms with E-state index in [-0.39, 0.29) is 31.4 Å². The molecule has 13 heteroatoms. The van der Waals surface area contributed by atoms with E-state index in [0.717, 1.165) is 10.9 Å². The highest BCUT2D eigenvalue weighted by atomic mass is 16.4. The molecule has 0 aliphatic carbocycles. The minimum Gasteiger partial charge on any atom is -0.508 e. The van der Waals surface area contributed by atoms with Gasteiger partial charge in [-0.15, -0.1) is 0 Å². The molecule has 0 bridgehead atoms. The number of hydrogen-bond donors (Lipinski definition) is 8. The number of carbonyl (C=O) groups is 5. The van der Waals surface area contributed by atoms with Crippen molar-refractivity contribution in [3.05, 3.63) is 65.9 Å². The Labute approximate surface area is 228 Å². The molecule has 3 aromatic rings. The quantitative estimate of drug-likeness (QED) is 0.134. The fourth-order valence-corrected chi connectivity index (χ4v) is 4.05. The van der Waals surface area contributed by atoms with E-state index >= 15 is 0 Å². The Morgan fingerprint density at radius 2 is 1.48 bits per heavy atom. The first-order chi connectivity index (χ1) is 19.0. The van der Waals surface area contributed by atoms with Gasteiger partial charge in [-0.1, -0.05) is 30.3 Å². The van der Waals surface area contributed by atoms with Gasteiger partial charge in [-0.2, -0.15) is 0 Å². The second-order valence-corrected chi connectivity index (χ2v) is 9.21. The number of rotatable bonds is 14. The number of hydrogen-bond acceptors (Lipinski definition) is 7. The number of fused-ring (bicyclic) bond motifs is 1. The third-order valence-corrected chi connectivity index (χ3v) is 6.16. The zero-order valence-corrected chi connectivity index (χ0v) is 21.4. The van der Waals surface area contributed by atoms with Gasteiger partial charge in [-0.05, 0) is 35.7 Å². The van der Waals surface area contributed by atoms with Gasteiger partial charge in [0, 0.05) is 36.4 Å². The summed E-state index contributed by atoms with van der Waals surface area (Å²) in [6.07, 6.45) is 1.17. The summed E-state index contributed by atoms with van der Waals surface area (Å²) in [6.45, 7) is -0.672. The van der Waals surface area contributed by atoms with Crippen LogP contribution in [0.3, 0.4) is 0 Å². The lowest BCUT2D eigenvalue weighted by Gasteiger charge is -2.24. The highest BCUT2D eigenvalue weighted by Gasteiger charge is 2.29. The number of aromatic hydroxyl groups is 1. The zero-order chi connectivity index (χ0) is 29.2. The Hall–Kier alpha value is -4.91. The average Bonchev–Trinajstić information content (AvgIpc) is 3.33. The van der Waals surface area contributed by atoms with Crippen molar-refractivity contribution >= 4 is 40.6 Å². The number of benzene rings is 2. The van der Waals surface area contributed by atoms with Crippen LogP contribution >= 0.6 is 0 Å². The van der Waals surface area contributed by atoms with Crippen molar-refractivity contribution in [1.29, 1.82) is 0 Å². The van der Waals surface area contributed by atoms with Crippen LogP contribution in [-0.2, 0) is 36.8 Å². The maximum atomic E-state index is 13.5. The number of H-pyrrole nitrogens is 1. The largest absolute Gasteiger partial charge is 0.508 e. The highest BCUT2D eigenvalue weighted by molar-refractivity contribution is 5.94. The fraction of sp³-hybridized carbons (Fsp3) is 0.296. The first-order valence-electron chi connectivity index (χ1n) is 12.4. The van der Waals surface area contributed by atoms with Gasteiger partial charge in [0.1, 0.15) is 24.4 Å². The summed E-state index contributed by atoms with van der Waals surface area (Å²) in [7, 11) is 0.